The Morgan fingerprint density at radius 2 is 1.73 bits per heavy atom. The number of nitrogens with zero attached hydrogens (tertiary/aromatic N) is 8. The summed E-state index contributed by atoms with van der Waals surface area (Å²) in [7, 11) is -2.54. The smallest absolute Gasteiger partial charge is 0.293 e. The van der Waals surface area contributed by atoms with Crippen LogP contribution in [0.1, 0.15) is 65.8 Å². The van der Waals surface area contributed by atoms with Crippen molar-refractivity contribution in [2.24, 2.45) is 13.0 Å². The summed E-state index contributed by atoms with van der Waals surface area (Å²) in [5.41, 5.74) is -2.09. The second-order valence-corrected chi connectivity index (χ2v) is 18.8. The largest absolute Gasteiger partial charge is 0.344 e. The molecule has 14 nitrogen and oxygen atoms in total. The molecule has 66 heavy (non-hydrogen) atoms. The van der Waals surface area contributed by atoms with E-state index in [0.717, 1.165) is 34.6 Å². The molecular formula is C42H35ClF8N10O4S. The minimum absolute atomic E-state index is 0.0130. The van der Waals surface area contributed by atoms with Crippen molar-refractivity contribution in [3.63, 3.8) is 0 Å². The van der Waals surface area contributed by atoms with E-state index in [9.17, 15) is 39.6 Å². The number of aromatic nitrogens is 8. The third-order valence-corrected chi connectivity index (χ3v) is 12.4. The van der Waals surface area contributed by atoms with Crippen molar-refractivity contribution in [1.82, 2.24) is 44.2 Å². The highest BCUT2D eigenvalue weighted by atomic mass is 35.5. The molecule has 24 heteroatoms. The molecule has 0 aliphatic heterocycles. The highest BCUT2D eigenvalue weighted by Crippen LogP contribution is 2.68. The van der Waals surface area contributed by atoms with Crippen LogP contribution in [-0.4, -0.2) is 65.4 Å². The van der Waals surface area contributed by atoms with Gasteiger partial charge in [0.1, 0.15) is 41.9 Å². The summed E-state index contributed by atoms with van der Waals surface area (Å²) in [6, 6.07) is 9.39. The van der Waals surface area contributed by atoms with Gasteiger partial charge in [0, 0.05) is 49.2 Å². The molecule has 1 fully saturated rings. The Hall–Kier alpha value is -6.36. The number of alkyl halides is 6. The maximum Gasteiger partial charge on any atom is 0.293 e. The highest BCUT2D eigenvalue weighted by molar-refractivity contribution is 7.92. The van der Waals surface area contributed by atoms with E-state index in [0.29, 0.717) is 22.0 Å². The van der Waals surface area contributed by atoms with Gasteiger partial charge in [0.2, 0.25) is 15.9 Å². The third kappa shape index (κ3) is 8.04. The molecular weight excluding hydrogens is 928 g/mol. The van der Waals surface area contributed by atoms with Crippen LogP contribution in [0.4, 0.5) is 40.9 Å². The number of carbonyl (C=O) groups excluding carboxylic acids is 1. The number of benzene rings is 3. The van der Waals surface area contributed by atoms with Gasteiger partial charge in [-0.05, 0) is 67.3 Å². The lowest BCUT2D eigenvalue weighted by Crippen LogP contribution is -2.38. The minimum Gasteiger partial charge on any atom is -0.344 e. The maximum atomic E-state index is 15.6. The zero-order chi connectivity index (χ0) is 47.5. The summed E-state index contributed by atoms with van der Waals surface area (Å²) in [6.45, 7) is 0.525. The number of fused-ring (bicyclic) bond motifs is 5. The molecule has 4 heterocycles. The van der Waals surface area contributed by atoms with Crippen molar-refractivity contribution >= 4 is 55.2 Å². The minimum atomic E-state index is -3.96. The summed E-state index contributed by atoms with van der Waals surface area (Å²) < 4.78 is 148. The van der Waals surface area contributed by atoms with Crippen LogP contribution in [-0.2, 0) is 47.3 Å². The number of sulfonamides is 1. The molecule has 4 aromatic heterocycles. The number of halogens is 9. The summed E-state index contributed by atoms with van der Waals surface area (Å²) in [6.07, 6.45) is -2.93. The van der Waals surface area contributed by atoms with Gasteiger partial charge in [0.15, 0.2) is 5.82 Å². The molecule has 3 aromatic carbocycles. The molecule has 9 rings (SSSR count). The maximum absolute atomic E-state index is 15.6. The monoisotopic (exact) mass is 962 g/mol. The molecule has 3 atom stereocenters. The number of rotatable bonds is 13. The number of aryl methyl sites for hydroxylation is 2. The van der Waals surface area contributed by atoms with Crippen LogP contribution >= 0.6 is 11.6 Å². The number of nitrogens with one attached hydrogen (secondary N) is 2. The second-order valence-electron chi connectivity index (χ2n) is 16.7. The van der Waals surface area contributed by atoms with E-state index in [1.807, 2.05) is 0 Å². The third-order valence-electron chi connectivity index (χ3n) is 11.5. The fourth-order valence-corrected chi connectivity index (χ4v) is 9.55. The molecule has 1 amide bonds. The first-order valence-corrected chi connectivity index (χ1v) is 22.3. The zero-order valence-electron chi connectivity index (χ0n) is 34.9. The number of anilines is 1. The summed E-state index contributed by atoms with van der Waals surface area (Å²) in [5, 5.41) is 14.9. The van der Waals surface area contributed by atoms with E-state index in [-0.39, 0.29) is 67.4 Å². The Morgan fingerprint density at radius 3 is 2.39 bits per heavy atom. The fraction of sp³-hybridized carbons (Fsp3) is 0.333. The van der Waals surface area contributed by atoms with Crippen LogP contribution in [0.5, 0.6) is 0 Å². The van der Waals surface area contributed by atoms with Crippen LogP contribution in [0.25, 0.3) is 38.8 Å². The zero-order valence-corrected chi connectivity index (χ0v) is 36.4. The molecule has 0 spiro atoms. The summed E-state index contributed by atoms with van der Waals surface area (Å²) in [5.74, 6) is -12.5. The molecule has 0 saturated heterocycles. The molecule has 1 unspecified atom stereocenters. The van der Waals surface area contributed by atoms with Crippen LogP contribution in [0.2, 0.25) is 5.02 Å². The lowest BCUT2D eigenvalue weighted by molar-refractivity contribution is -0.123. The summed E-state index contributed by atoms with van der Waals surface area (Å²) in [4.78, 5) is 34.1. The SMILES string of the molecule is Cc1cc(-c2ccc3c(=O)n(-c4ccc(Cl)c5c(NS(C)(=O)=O)nn(C)c45)c([C@H](Cc4cc(F)cc(F)c4)NC(=O)Cn4nc(C(F)F)c5c4C(F)(F)C4C[C@H]54)nc3c2)nn1CC(C)(F)F. The number of carbonyl (C=O) groups is 1. The molecule has 7 aromatic rings. The van der Waals surface area contributed by atoms with Gasteiger partial charge in [-0.15, -0.1) is 0 Å². The van der Waals surface area contributed by atoms with Crippen molar-refractivity contribution in [1.29, 1.82) is 0 Å². The van der Waals surface area contributed by atoms with Crippen molar-refractivity contribution in [2.75, 3.05) is 11.0 Å². The number of hydrogen-bond acceptors (Lipinski definition) is 8. The van der Waals surface area contributed by atoms with Crippen LogP contribution in [0, 0.1) is 24.5 Å². The predicted octanol–water partition coefficient (Wildman–Crippen LogP) is 7.85. The topological polar surface area (TPSA) is 164 Å². The first kappa shape index (κ1) is 44.8. The van der Waals surface area contributed by atoms with E-state index in [4.69, 9.17) is 16.6 Å². The van der Waals surface area contributed by atoms with Crippen molar-refractivity contribution < 1.29 is 48.3 Å². The Labute approximate surface area is 373 Å². The first-order valence-electron chi connectivity index (χ1n) is 20.0. The lowest BCUT2D eigenvalue weighted by Gasteiger charge is -2.24. The van der Waals surface area contributed by atoms with Crippen molar-refractivity contribution in [3.8, 4) is 16.9 Å². The normalized spacial score (nSPS) is 17.1. The number of amides is 1. The number of hydrogen-bond donors (Lipinski definition) is 2. The lowest BCUT2D eigenvalue weighted by atomic mass is 10.0. The Balaban J connectivity index is 1.25. The van der Waals surface area contributed by atoms with Gasteiger partial charge in [0.25, 0.3) is 23.8 Å². The second kappa shape index (κ2) is 15.6. The Morgan fingerprint density at radius 1 is 1.02 bits per heavy atom. The molecule has 346 valence electrons. The first-order chi connectivity index (χ1) is 30.9. The van der Waals surface area contributed by atoms with E-state index >= 15 is 13.6 Å². The molecule has 0 bridgehead atoms. The van der Waals surface area contributed by atoms with E-state index in [1.165, 1.54) is 48.1 Å². The van der Waals surface area contributed by atoms with E-state index in [1.54, 1.807) is 6.92 Å². The van der Waals surface area contributed by atoms with Gasteiger partial charge in [-0.2, -0.15) is 24.1 Å². The van der Waals surface area contributed by atoms with Gasteiger partial charge in [-0.25, -0.2) is 39.7 Å². The Kier molecular flexibility index (Phi) is 10.6. The van der Waals surface area contributed by atoms with E-state index < -0.39 is 100 Å². The van der Waals surface area contributed by atoms with Gasteiger partial charge >= 0.3 is 0 Å². The predicted molar refractivity (Wildman–Crippen MR) is 225 cm³/mol. The average Bonchev–Trinajstić information content (AvgIpc) is 3.54. The molecule has 2 aliphatic rings. The molecule has 0 radical (unpaired) electrons. The average molecular weight is 963 g/mol. The molecule has 2 aliphatic carbocycles. The van der Waals surface area contributed by atoms with Crippen LogP contribution in [0.15, 0.2) is 59.4 Å². The van der Waals surface area contributed by atoms with E-state index in [2.05, 4.69) is 25.3 Å². The summed E-state index contributed by atoms with van der Waals surface area (Å²) >= 11 is 6.62. The standard InChI is InChI=1S/C42H35ClF8N10O4S/c1-18-9-27(54-60(18)17-41(2,48)49)20-5-6-23-28(13-20)53-39(61(40(23)63)30-8-7-26(43)33-35(30)58(3)56-38(33)57-66(4,64)65)29(12-19-10-21(44)14-22(45)11-19)52-31(62)16-59-36-32(34(55-59)37(46)47)24-15-25(24)42(36,50)51/h5-11,13-14,24-25,29,37H,12,15-17H2,1-4H3,(H,52,62)(H,56,57)/t24-,25?,29-/m0/s1. The molecule has 2 N–H and O–H groups in total. The van der Waals surface area contributed by atoms with Gasteiger partial charge in [-0.1, -0.05) is 17.7 Å². The fourth-order valence-electron chi connectivity index (χ4n) is 8.81. The highest BCUT2D eigenvalue weighted by Gasteiger charge is 2.67. The Bertz CT molecular complexity index is 3330. The van der Waals surface area contributed by atoms with Crippen molar-refractivity contribution in [3.05, 3.63) is 116 Å². The molecule has 1 saturated carbocycles. The van der Waals surface area contributed by atoms with Crippen LogP contribution in [0.3, 0.4) is 0 Å². The quantitative estimate of drug-likeness (QED) is 0.111. The van der Waals surface area contributed by atoms with Crippen LogP contribution < -0.4 is 15.6 Å². The van der Waals surface area contributed by atoms with Gasteiger partial charge in [0.05, 0.1) is 50.5 Å². The van der Waals surface area contributed by atoms with Gasteiger partial charge in [-0.3, -0.25) is 32.9 Å². The van der Waals surface area contributed by atoms with Crippen molar-refractivity contribution in [2.45, 2.75) is 70.0 Å². The van der Waals surface area contributed by atoms with Gasteiger partial charge < -0.3 is 5.32 Å².